The molecule has 2 heterocycles. The first-order chi connectivity index (χ1) is 12.7. The van der Waals surface area contributed by atoms with Crippen LogP contribution in [0.1, 0.15) is 0 Å². The van der Waals surface area contributed by atoms with Gasteiger partial charge in [-0.05, 0) is 17.3 Å². The van der Waals surface area contributed by atoms with Gasteiger partial charge in [-0.15, -0.1) is 10.2 Å². The molecule has 8 nitrogen and oxygen atoms in total. The van der Waals surface area contributed by atoms with E-state index in [1.165, 1.54) is 16.1 Å². The first kappa shape index (κ1) is 16.2. The zero-order chi connectivity index (χ0) is 17.9. The van der Waals surface area contributed by atoms with E-state index in [2.05, 4.69) is 25.7 Å². The monoisotopic (exact) mass is 366 g/mol. The van der Waals surface area contributed by atoms with E-state index < -0.39 is 0 Å². The molecule has 0 aliphatic rings. The average Bonchev–Trinajstić information content (AvgIpc) is 3.28. The molecule has 4 rings (SSSR count). The lowest BCUT2D eigenvalue weighted by Gasteiger charge is -2.00. The third-order valence-corrected chi connectivity index (χ3v) is 4.55. The van der Waals surface area contributed by atoms with Crippen LogP contribution in [0.2, 0.25) is 0 Å². The van der Waals surface area contributed by atoms with E-state index in [1.807, 2.05) is 48.5 Å². The summed E-state index contributed by atoms with van der Waals surface area (Å²) in [5.41, 5.74) is 1.57. The zero-order valence-corrected chi connectivity index (χ0v) is 14.6. The summed E-state index contributed by atoms with van der Waals surface area (Å²) in [5.74, 6) is 0.868. The van der Waals surface area contributed by atoms with E-state index in [1.54, 1.807) is 7.11 Å². The second-order valence-electron chi connectivity index (χ2n) is 5.38. The molecule has 0 saturated heterocycles. The number of hydrogen-bond donors (Lipinski definition) is 1. The number of para-hydroxylation sites is 1. The molecule has 0 bridgehead atoms. The van der Waals surface area contributed by atoms with Gasteiger partial charge in [0.1, 0.15) is 17.8 Å². The van der Waals surface area contributed by atoms with Crippen LogP contribution in [0.4, 0.5) is 5.13 Å². The number of ether oxygens (including phenoxy) is 1. The predicted molar refractivity (Wildman–Crippen MR) is 98.1 cm³/mol. The molecule has 26 heavy (non-hydrogen) atoms. The minimum atomic E-state index is -0.278. The highest BCUT2D eigenvalue weighted by molar-refractivity contribution is 7.22. The molecule has 4 aromatic rings. The van der Waals surface area contributed by atoms with Crippen LogP contribution in [0.25, 0.3) is 21.6 Å². The second kappa shape index (κ2) is 6.89. The summed E-state index contributed by atoms with van der Waals surface area (Å²) >= 11 is 1.38. The number of aromatic nitrogens is 5. The number of hydrogen-bond acceptors (Lipinski definition) is 7. The summed E-state index contributed by atoms with van der Waals surface area (Å²) in [6.07, 6.45) is 0. The van der Waals surface area contributed by atoms with Gasteiger partial charge in [0.05, 0.1) is 11.8 Å². The van der Waals surface area contributed by atoms with E-state index in [4.69, 9.17) is 4.74 Å². The van der Waals surface area contributed by atoms with Gasteiger partial charge in [0.15, 0.2) is 5.13 Å². The molecule has 0 unspecified atom stereocenters. The SMILES string of the molecule is COc1cccc2sc(NC(=O)Cn3nnc(-c4ccccc4)n3)nc12. The maximum absolute atomic E-state index is 12.3. The summed E-state index contributed by atoms with van der Waals surface area (Å²) in [4.78, 5) is 17.9. The fourth-order valence-electron chi connectivity index (χ4n) is 2.44. The highest BCUT2D eigenvalue weighted by atomic mass is 32.1. The van der Waals surface area contributed by atoms with Crippen molar-refractivity contribution >= 4 is 32.6 Å². The summed E-state index contributed by atoms with van der Waals surface area (Å²) < 4.78 is 6.22. The number of rotatable bonds is 5. The first-order valence-electron chi connectivity index (χ1n) is 7.79. The van der Waals surface area contributed by atoms with Crippen molar-refractivity contribution in [2.45, 2.75) is 6.54 Å². The van der Waals surface area contributed by atoms with E-state index in [0.29, 0.717) is 16.7 Å². The Kier molecular flexibility index (Phi) is 4.28. The Bertz CT molecular complexity index is 1060. The predicted octanol–water partition coefficient (Wildman–Crippen LogP) is 2.60. The Hall–Kier alpha value is -3.33. The normalized spacial score (nSPS) is 10.8. The molecular formula is C17H14N6O2S. The van der Waals surface area contributed by atoms with E-state index in [-0.39, 0.29) is 12.5 Å². The van der Waals surface area contributed by atoms with Gasteiger partial charge in [0.2, 0.25) is 11.7 Å². The standard InChI is InChI=1S/C17H14N6O2S/c1-25-12-8-5-9-13-15(12)19-17(26-13)18-14(24)10-23-21-16(20-22-23)11-6-3-2-4-7-11/h2-9H,10H2,1H3,(H,18,19,24). The number of nitrogens with zero attached hydrogens (tertiary/aromatic N) is 5. The summed E-state index contributed by atoms with van der Waals surface area (Å²) in [5, 5.41) is 15.4. The molecule has 0 atom stereocenters. The molecule has 1 N–H and O–H groups in total. The zero-order valence-electron chi connectivity index (χ0n) is 13.8. The maximum atomic E-state index is 12.3. The number of fused-ring (bicyclic) bond motifs is 1. The highest BCUT2D eigenvalue weighted by Gasteiger charge is 2.13. The molecule has 0 aliphatic heterocycles. The quantitative estimate of drug-likeness (QED) is 0.583. The smallest absolute Gasteiger partial charge is 0.249 e. The molecule has 0 fully saturated rings. The average molecular weight is 366 g/mol. The molecule has 0 aliphatic carbocycles. The highest BCUT2D eigenvalue weighted by Crippen LogP contribution is 2.31. The third kappa shape index (κ3) is 3.24. The number of amides is 1. The fourth-order valence-corrected chi connectivity index (χ4v) is 3.34. The van der Waals surface area contributed by atoms with Crippen molar-refractivity contribution < 1.29 is 9.53 Å². The Morgan fingerprint density at radius 3 is 2.85 bits per heavy atom. The summed E-state index contributed by atoms with van der Waals surface area (Å²) in [7, 11) is 1.59. The molecule has 1 amide bonds. The molecule has 0 saturated carbocycles. The lowest BCUT2D eigenvalue weighted by atomic mass is 10.2. The van der Waals surface area contributed by atoms with Crippen molar-refractivity contribution in [3.05, 3.63) is 48.5 Å². The van der Waals surface area contributed by atoms with Crippen molar-refractivity contribution in [3.63, 3.8) is 0 Å². The molecule has 2 aromatic heterocycles. The van der Waals surface area contributed by atoms with Gasteiger partial charge in [-0.3, -0.25) is 4.79 Å². The van der Waals surface area contributed by atoms with Crippen LogP contribution in [-0.2, 0) is 11.3 Å². The van der Waals surface area contributed by atoms with E-state index >= 15 is 0 Å². The van der Waals surface area contributed by atoms with Crippen molar-refractivity contribution in [3.8, 4) is 17.1 Å². The minimum Gasteiger partial charge on any atom is -0.494 e. The number of benzene rings is 2. The second-order valence-corrected chi connectivity index (χ2v) is 6.41. The van der Waals surface area contributed by atoms with Crippen LogP contribution in [0.15, 0.2) is 48.5 Å². The largest absolute Gasteiger partial charge is 0.494 e. The van der Waals surface area contributed by atoms with Crippen LogP contribution in [0, 0.1) is 0 Å². The Balaban J connectivity index is 1.47. The van der Waals surface area contributed by atoms with Crippen molar-refractivity contribution in [2.24, 2.45) is 0 Å². The van der Waals surface area contributed by atoms with Crippen LogP contribution in [0.3, 0.4) is 0 Å². The van der Waals surface area contributed by atoms with Gasteiger partial charge in [-0.1, -0.05) is 47.7 Å². The number of carbonyl (C=O) groups is 1. The third-order valence-electron chi connectivity index (χ3n) is 3.62. The fraction of sp³-hybridized carbons (Fsp3) is 0.118. The summed E-state index contributed by atoms with van der Waals surface area (Å²) in [6, 6.07) is 15.1. The van der Waals surface area contributed by atoms with Crippen molar-refractivity contribution in [1.29, 1.82) is 0 Å². The number of methoxy groups -OCH3 is 1. The maximum Gasteiger partial charge on any atom is 0.249 e. The van der Waals surface area contributed by atoms with Crippen LogP contribution < -0.4 is 10.1 Å². The number of thiazole rings is 1. The van der Waals surface area contributed by atoms with Crippen LogP contribution >= 0.6 is 11.3 Å². The van der Waals surface area contributed by atoms with Gasteiger partial charge in [0, 0.05) is 5.56 Å². The number of carbonyl (C=O) groups excluding carboxylic acids is 1. The van der Waals surface area contributed by atoms with Crippen LogP contribution in [-0.4, -0.2) is 38.2 Å². The number of tetrazole rings is 1. The van der Waals surface area contributed by atoms with E-state index in [9.17, 15) is 4.79 Å². The lowest BCUT2D eigenvalue weighted by molar-refractivity contribution is -0.117. The molecule has 2 aromatic carbocycles. The number of nitrogens with one attached hydrogen (secondary N) is 1. The number of anilines is 1. The molecule has 9 heteroatoms. The summed E-state index contributed by atoms with van der Waals surface area (Å²) in [6.45, 7) is -0.0487. The van der Waals surface area contributed by atoms with Crippen molar-refractivity contribution in [2.75, 3.05) is 12.4 Å². The Labute approximate surface area is 152 Å². The van der Waals surface area contributed by atoms with Gasteiger partial charge in [0.25, 0.3) is 0 Å². The van der Waals surface area contributed by atoms with Gasteiger partial charge in [-0.2, -0.15) is 4.80 Å². The van der Waals surface area contributed by atoms with Gasteiger partial charge < -0.3 is 10.1 Å². The van der Waals surface area contributed by atoms with Gasteiger partial charge >= 0.3 is 0 Å². The van der Waals surface area contributed by atoms with Gasteiger partial charge in [-0.25, -0.2) is 4.98 Å². The topological polar surface area (TPSA) is 94.8 Å². The molecule has 0 spiro atoms. The van der Waals surface area contributed by atoms with E-state index in [0.717, 1.165) is 15.8 Å². The minimum absolute atomic E-state index is 0.0487. The molecule has 0 radical (unpaired) electrons. The Morgan fingerprint density at radius 2 is 2.04 bits per heavy atom. The molecule has 130 valence electrons. The van der Waals surface area contributed by atoms with Crippen molar-refractivity contribution in [1.82, 2.24) is 25.2 Å². The molecular weight excluding hydrogens is 352 g/mol. The van der Waals surface area contributed by atoms with Crippen LogP contribution in [0.5, 0.6) is 5.75 Å². The lowest BCUT2D eigenvalue weighted by Crippen LogP contribution is -2.20. The Morgan fingerprint density at radius 1 is 1.19 bits per heavy atom. The first-order valence-corrected chi connectivity index (χ1v) is 8.61.